The normalized spacial score (nSPS) is 11.3. The predicted octanol–water partition coefficient (Wildman–Crippen LogP) is 19.3. The van der Waals surface area contributed by atoms with Gasteiger partial charge in [-0.2, -0.15) is 0 Å². The molecule has 0 amide bonds. The van der Waals surface area contributed by atoms with Gasteiger partial charge in [-0.25, -0.2) is 22.7 Å². The zero-order chi connectivity index (χ0) is 66.6. The fourth-order valence-corrected chi connectivity index (χ4v) is 13.6. The molecule has 11 aromatic rings. The molecule has 474 valence electrons. The van der Waals surface area contributed by atoms with Crippen LogP contribution in [0.1, 0.15) is 106 Å². The number of nitrogens with zero attached hydrogens (tertiary/aromatic N) is 4. The topological polar surface area (TPSA) is 147 Å². The first kappa shape index (κ1) is 70.1. The van der Waals surface area contributed by atoms with Gasteiger partial charge in [0, 0.05) is 32.7 Å². The molecule has 0 spiro atoms. The molecule has 0 atom stereocenters. The van der Waals surface area contributed by atoms with E-state index in [-0.39, 0.29) is 23.1 Å². The van der Waals surface area contributed by atoms with Crippen LogP contribution in [0.25, 0.3) is 44.8 Å². The fraction of sp³-hybridized carbons (Fsp3) is 0.179. The van der Waals surface area contributed by atoms with Crippen LogP contribution in [0.3, 0.4) is 0 Å². The van der Waals surface area contributed by atoms with E-state index in [0.717, 1.165) is 77.9 Å². The molecule has 93 heavy (non-hydrogen) atoms. The van der Waals surface area contributed by atoms with E-state index in [1.807, 2.05) is 125 Å². The van der Waals surface area contributed by atoms with E-state index in [2.05, 4.69) is 190 Å². The molecular formula is C78H73Br3N4O7S. The van der Waals surface area contributed by atoms with Crippen LogP contribution in [0.15, 0.2) is 266 Å². The lowest BCUT2D eigenvalue weighted by molar-refractivity contribution is 0.00700. The Hall–Kier alpha value is -8.73. The van der Waals surface area contributed by atoms with Gasteiger partial charge in [0.05, 0.1) is 28.9 Å². The average molecular weight is 1450 g/mol. The van der Waals surface area contributed by atoms with Gasteiger partial charge in [0.25, 0.3) is 0 Å². The summed E-state index contributed by atoms with van der Waals surface area (Å²) in [5.41, 5.74) is 13.5. The van der Waals surface area contributed by atoms with Gasteiger partial charge in [-0.05, 0) is 122 Å². The number of carbonyl (C=O) groups is 3. The van der Waals surface area contributed by atoms with Crippen molar-refractivity contribution in [1.82, 2.24) is 20.2 Å². The van der Waals surface area contributed by atoms with Crippen LogP contribution in [0.4, 0.5) is 0 Å². The molecule has 11 rings (SSSR count). The molecule has 0 N–H and O–H groups in total. The highest BCUT2D eigenvalue weighted by atomic mass is 79.9. The number of tetrazole rings is 1. The maximum absolute atomic E-state index is 12.7. The molecule has 0 unspecified atom stereocenters. The zero-order valence-corrected chi connectivity index (χ0v) is 58.5. The standard InChI is InChI=1S/C33H25BrN4.C18H19BrO2.C18H20O3S.C9H9BrO2/c34-24-25-20-22-26(23-21-25)30-18-10-11-19-31(30)32-35-36-37-38(32)33(27-12-4-1-5-13-27,28-14-6-2-7-15-28)29-16-8-3-9-17-29;1-18(2,3)21-17(20)16-7-5-4-6-15(16)14-10-8-13(12-19)9-11-14;1-18(2,3)13-22(20,21)17-7-5-4-6-16(17)15-10-8-14(12-19)9-11-15;1-12-9(11)8-4-2-7(6-10)3-5-8/h1-23H,24H2;4-11H,12H2,1-3H3;4-12H,13H2,1-3H3;2-5H,6H2,1H3. The van der Waals surface area contributed by atoms with Crippen LogP contribution in [0, 0.1) is 5.41 Å². The number of carbonyl (C=O) groups excluding carboxylic acids is 3. The third kappa shape index (κ3) is 18.3. The Kier molecular flexibility index (Phi) is 24.7. The Balaban J connectivity index is 0.000000173. The van der Waals surface area contributed by atoms with Crippen molar-refractivity contribution >= 4 is 75.9 Å². The van der Waals surface area contributed by atoms with Crippen molar-refractivity contribution in [3.8, 4) is 44.8 Å². The van der Waals surface area contributed by atoms with Crippen molar-refractivity contribution in [3.05, 3.63) is 311 Å². The van der Waals surface area contributed by atoms with E-state index in [9.17, 15) is 22.8 Å². The fourth-order valence-electron chi connectivity index (χ4n) is 10.4. The molecule has 0 radical (unpaired) electrons. The molecule has 15 heteroatoms. The maximum Gasteiger partial charge on any atom is 0.339 e. The summed E-state index contributed by atoms with van der Waals surface area (Å²) < 4.78 is 37.4. The summed E-state index contributed by atoms with van der Waals surface area (Å²) in [6, 6.07) is 85.3. The minimum absolute atomic E-state index is 0.0867. The van der Waals surface area contributed by atoms with Gasteiger partial charge in [-0.15, -0.1) is 5.10 Å². The van der Waals surface area contributed by atoms with Crippen LogP contribution < -0.4 is 0 Å². The Morgan fingerprint density at radius 1 is 0.473 bits per heavy atom. The van der Waals surface area contributed by atoms with Crippen molar-refractivity contribution in [2.45, 2.75) is 73.6 Å². The summed E-state index contributed by atoms with van der Waals surface area (Å²) >= 11 is 10.3. The number of rotatable bonds is 16. The number of esters is 2. The van der Waals surface area contributed by atoms with Crippen molar-refractivity contribution < 1.29 is 32.3 Å². The Morgan fingerprint density at radius 2 is 0.871 bits per heavy atom. The highest BCUT2D eigenvalue weighted by Gasteiger charge is 2.42. The number of hydrogen-bond acceptors (Lipinski definition) is 10. The summed E-state index contributed by atoms with van der Waals surface area (Å²) in [5.74, 6) is 0.198. The lowest BCUT2D eigenvalue weighted by Crippen LogP contribution is -2.39. The van der Waals surface area contributed by atoms with E-state index in [4.69, 9.17) is 9.95 Å². The summed E-state index contributed by atoms with van der Waals surface area (Å²) in [4.78, 5) is 34.4. The highest BCUT2D eigenvalue weighted by Crippen LogP contribution is 2.44. The lowest BCUT2D eigenvalue weighted by atomic mass is 9.77. The third-order valence-electron chi connectivity index (χ3n) is 14.6. The number of ether oxygens (including phenoxy) is 2. The van der Waals surface area contributed by atoms with Gasteiger partial charge in [0.1, 0.15) is 17.4 Å². The minimum atomic E-state index is -3.38. The van der Waals surface area contributed by atoms with Crippen LogP contribution in [0.5, 0.6) is 0 Å². The number of methoxy groups -OCH3 is 1. The number of benzene rings is 10. The van der Waals surface area contributed by atoms with E-state index in [1.165, 1.54) is 18.2 Å². The highest BCUT2D eigenvalue weighted by molar-refractivity contribution is 9.09. The van der Waals surface area contributed by atoms with E-state index >= 15 is 0 Å². The Bertz CT molecular complexity index is 4230. The van der Waals surface area contributed by atoms with Gasteiger partial charge in [0.15, 0.2) is 15.7 Å². The molecule has 1 heterocycles. The second kappa shape index (κ2) is 32.7. The molecule has 0 saturated heterocycles. The van der Waals surface area contributed by atoms with Gasteiger partial charge < -0.3 is 9.47 Å². The molecule has 10 aromatic carbocycles. The van der Waals surface area contributed by atoms with Crippen LogP contribution in [-0.4, -0.2) is 65.3 Å². The second-order valence-corrected chi connectivity index (χ2v) is 27.5. The van der Waals surface area contributed by atoms with Gasteiger partial charge in [0.2, 0.25) is 0 Å². The monoisotopic (exact) mass is 1450 g/mol. The smallest absolute Gasteiger partial charge is 0.339 e. The molecule has 0 aliphatic carbocycles. The van der Waals surface area contributed by atoms with Crippen molar-refractivity contribution in [2.75, 3.05) is 12.9 Å². The Labute approximate surface area is 571 Å². The van der Waals surface area contributed by atoms with Gasteiger partial charge in [-0.3, -0.25) is 4.79 Å². The molecular weight excluding hydrogens is 1380 g/mol. The first-order chi connectivity index (χ1) is 44.7. The predicted molar refractivity (Wildman–Crippen MR) is 385 cm³/mol. The number of sulfone groups is 1. The molecule has 0 bridgehead atoms. The van der Waals surface area contributed by atoms with Crippen LogP contribution in [-0.2, 0) is 40.8 Å². The third-order valence-corrected chi connectivity index (χ3v) is 18.9. The average Bonchev–Trinajstić information content (AvgIpc) is 1.72. The van der Waals surface area contributed by atoms with E-state index < -0.39 is 21.0 Å². The van der Waals surface area contributed by atoms with Crippen molar-refractivity contribution in [3.63, 3.8) is 0 Å². The number of aldehydes is 1. The zero-order valence-electron chi connectivity index (χ0n) is 52.9. The maximum atomic E-state index is 12.7. The van der Waals surface area contributed by atoms with Gasteiger partial charge in [-0.1, -0.05) is 305 Å². The second-order valence-electron chi connectivity index (χ2n) is 23.9. The summed E-state index contributed by atoms with van der Waals surface area (Å²) in [6.07, 6.45) is 0.770. The summed E-state index contributed by atoms with van der Waals surface area (Å²) in [6.45, 7) is 11.3. The van der Waals surface area contributed by atoms with Crippen LogP contribution in [0.2, 0.25) is 0 Å². The van der Waals surface area contributed by atoms with Crippen LogP contribution >= 0.6 is 47.8 Å². The number of halogens is 3. The first-order valence-electron chi connectivity index (χ1n) is 30.0. The molecule has 0 saturated carbocycles. The van der Waals surface area contributed by atoms with E-state index in [0.29, 0.717) is 33.0 Å². The number of alkyl halides is 3. The summed E-state index contributed by atoms with van der Waals surface area (Å²) in [7, 11) is -2.01. The first-order valence-corrected chi connectivity index (χ1v) is 35.0. The Morgan fingerprint density at radius 3 is 1.32 bits per heavy atom. The minimum Gasteiger partial charge on any atom is -0.465 e. The van der Waals surface area contributed by atoms with E-state index in [1.54, 1.807) is 54.6 Å². The molecule has 1 aromatic heterocycles. The molecule has 0 aliphatic heterocycles. The molecule has 0 fully saturated rings. The summed E-state index contributed by atoms with van der Waals surface area (Å²) in [5, 5.41) is 16.0. The number of aromatic nitrogens is 4. The van der Waals surface area contributed by atoms with Crippen molar-refractivity contribution in [1.29, 1.82) is 0 Å². The quantitative estimate of drug-likeness (QED) is 0.0396. The van der Waals surface area contributed by atoms with Gasteiger partial charge >= 0.3 is 11.9 Å². The molecule has 0 aliphatic rings. The largest absolute Gasteiger partial charge is 0.465 e. The van der Waals surface area contributed by atoms with Crippen molar-refractivity contribution in [2.24, 2.45) is 5.41 Å². The number of hydrogen-bond donors (Lipinski definition) is 0. The SMILES string of the molecule is BrCc1ccc(-c2ccccc2-c2nnnn2C(c2ccccc2)(c2ccccc2)c2ccccc2)cc1.CC(C)(C)CS(=O)(=O)c1ccccc1-c1ccc(C=O)cc1.CC(C)(C)OC(=O)c1ccccc1-c1ccc(CBr)cc1.COC(=O)c1ccc(CBr)cc1. The lowest BCUT2D eigenvalue weighted by Gasteiger charge is -2.36. The molecule has 11 nitrogen and oxygen atoms in total.